The van der Waals surface area contributed by atoms with Gasteiger partial charge < -0.3 is 10.1 Å². The summed E-state index contributed by atoms with van der Waals surface area (Å²) in [6, 6.07) is 9.72. The normalized spacial score (nSPS) is 9.89. The van der Waals surface area contributed by atoms with Gasteiger partial charge in [0.15, 0.2) is 6.61 Å². The molecule has 0 spiro atoms. The van der Waals surface area contributed by atoms with E-state index in [0.717, 1.165) is 18.0 Å². The van der Waals surface area contributed by atoms with Gasteiger partial charge in [0.05, 0.1) is 0 Å². The summed E-state index contributed by atoms with van der Waals surface area (Å²) in [7, 11) is 0. The molecule has 0 saturated heterocycles. The van der Waals surface area contributed by atoms with E-state index in [2.05, 4.69) is 12.2 Å². The molecule has 0 aromatic heterocycles. The van der Waals surface area contributed by atoms with Gasteiger partial charge in [-0.3, -0.25) is 0 Å². The molecule has 0 bridgehead atoms. The van der Waals surface area contributed by atoms with Crippen molar-refractivity contribution in [2.45, 2.75) is 45.4 Å². The summed E-state index contributed by atoms with van der Waals surface area (Å²) in [6.45, 7) is 3.36. The van der Waals surface area contributed by atoms with Gasteiger partial charge in [0.1, 0.15) is 11.8 Å². The van der Waals surface area contributed by atoms with Crippen LogP contribution in [-0.2, 0) is 0 Å². The van der Waals surface area contributed by atoms with E-state index in [1.165, 1.54) is 38.5 Å². The second-order valence-electron chi connectivity index (χ2n) is 4.67. The van der Waals surface area contributed by atoms with Crippen LogP contribution in [0.2, 0.25) is 0 Å². The van der Waals surface area contributed by atoms with Crippen molar-refractivity contribution < 1.29 is 4.74 Å². The summed E-state index contributed by atoms with van der Waals surface area (Å²) in [4.78, 5) is 0. The molecule has 0 radical (unpaired) electrons. The molecule has 0 heterocycles. The maximum absolute atomic E-state index is 8.42. The maximum Gasteiger partial charge on any atom is 0.174 e. The van der Waals surface area contributed by atoms with Crippen molar-refractivity contribution in [1.82, 2.24) is 0 Å². The van der Waals surface area contributed by atoms with Crippen LogP contribution >= 0.6 is 0 Å². The summed E-state index contributed by atoms with van der Waals surface area (Å²) >= 11 is 0. The number of ether oxygens (including phenoxy) is 1. The zero-order chi connectivity index (χ0) is 13.8. The molecule has 0 saturated carbocycles. The molecule has 1 rings (SSSR count). The number of hydrogen-bond donors (Lipinski definition) is 1. The lowest BCUT2D eigenvalue weighted by Crippen LogP contribution is -2.01. The van der Waals surface area contributed by atoms with Crippen molar-refractivity contribution in [2.24, 2.45) is 0 Å². The smallest absolute Gasteiger partial charge is 0.174 e. The van der Waals surface area contributed by atoms with Crippen LogP contribution in [0.4, 0.5) is 5.69 Å². The van der Waals surface area contributed by atoms with Crippen molar-refractivity contribution >= 4 is 5.69 Å². The quantitative estimate of drug-likeness (QED) is 0.636. The van der Waals surface area contributed by atoms with Gasteiger partial charge in [0.25, 0.3) is 0 Å². The van der Waals surface area contributed by atoms with E-state index >= 15 is 0 Å². The van der Waals surface area contributed by atoms with E-state index in [9.17, 15) is 0 Å². The van der Waals surface area contributed by atoms with Crippen LogP contribution in [0.5, 0.6) is 5.75 Å². The van der Waals surface area contributed by atoms with E-state index < -0.39 is 0 Å². The molecule has 0 unspecified atom stereocenters. The second-order valence-corrected chi connectivity index (χ2v) is 4.67. The molecular weight excluding hydrogens is 236 g/mol. The third-order valence-electron chi connectivity index (χ3n) is 3.02. The first-order valence-corrected chi connectivity index (χ1v) is 7.20. The van der Waals surface area contributed by atoms with Gasteiger partial charge in [0.2, 0.25) is 0 Å². The van der Waals surface area contributed by atoms with Gasteiger partial charge in [-0.2, -0.15) is 5.26 Å². The van der Waals surface area contributed by atoms with Crippen LogP contribution in [0, 0.1) is 11.3 Å². The van der Waals surface area contributed by atoms with Gasteiger partial charge in [-0.15, -0.1) is 0 Å². The number of nitriles is 1. The van der Waals surface area contributed by atoms with Gasteiger partial charge >= 0.3 is 0 Å². The molecule has 0 amide bonds. The Labute approximate surface area is 116 Å². The fraction of sp³-hybridized carbons (Fsp3) is 0.562. The van der Waals surface area contributed by atoms with Gasteiger partial charge in [0, 0.05) is 12.2 Å². The standard InChI is InChI=1S/C16H24N2O/c1-2-3-4-5-6-7-13-18-15-8-10-16(11-9-15)19-14-12-17/h8-11,18H,2-7,13-14H2,1H3. The lowest BCUT2D eigenvalue weighted by Gasteiger charge is -2.07. The molecule has 3 heteroatoms. The van der Waals surface area contributed by atoms with Crippen molar-refractivity contribution in [2.75, 3.05) is 18.5 Å². The van der Waals surface area contributed by atoms with Crippen LogP contribution in [-0.4, -0.2) is 13.2 Å². The number of anilines is 1. The predicted octanol–water partition coefficient (Wildman–Crippen LogP) is 4.36. The molecule has 3 nitrogen and oxygen atoms in total. The largest absolute Gasteiger partial charge is 0.479 e. The van der Waals surface area contributed by atoms with Crippen molar-refractivity contribution in [3.05, 3.63) is 24.3 Å². The van der Waals surface area contributed by atoms with Crippen LogP contribution in [0.25, 0.3) is 0 Å². The van der Waals surface area contributed by atoms with Gasteiger partial charge in [-0.1, -0.05) is 39.0 Å². The predicted molar refractivity (Wildman–Crippen MR) is 79.4 cm³/mol. The van der Waals surface area contributed by atoms with Gasteiger partial charge in [-0.05, 0) is 30.7 Å². The lowest BCUT2D eigenvalue weighted by molar-refractivity contribution is 0.368. The van der Waals surface area contributed by atoms with Crippen LogP contribution < -0.4 is 10.1 Å². The Hall–Kier alpha value is -1.69. The SMILES string of the molecule is CCCCCCCCNc1ccc(OCC#N)cc1. The number of benzene rings is 1. The lowest BCUT2D eigenvalue weighted by atomic mass is 10.1. The molecule has 1 N–H and O–H groups in total. The fourth-order valence-electron chi connectivity index (χ4n) is 1.92. The van der Waals surface area contributed by atoms with Gasteiger partial charge in [-0.25, -0.2) is 0 Å². The van der Waals surface area contributed by atoms with Crippen molar-refractivity contribution in [1.29, 1.82) is 5.26 Å². The zero-order valence-electron chi connectivity index (χ0n) is 11.8. The zero-order valence-corrected chi connectivity index (χ0v) is 11.8. The van der Waals surface area contributed by atoms with Crippen molar-refractivity contribution in [3.8, 4) is 11.8 Å². The van der Waals surface area contributed by atoms with Crippen LogP contribution in [0.1, 0.15) is 45.4 Å². The Bertz CT molecular complexity index is 367. The summed E-state index contributed by atoms with van der Waals surface area (Å²) < 4.78 is 5.20. The first-order valence-electron chi connectivity index (χ1n) is 7.20. The Morgan fingerprint density at radius 1 is 1.05 bits per heavy atom. The minimum Gasteiger partial charge on any atom is -0.479 e. The first-order chi connectivity index (χ1) is 9.36. The molecule has 0 aliphatic rings. The second kappa shape index (κ2) is 10.3. The van der Waals surface area contributed by atoms with Crippen LogP contribution in [0.3, 0.4) is 0 Å². The Morgan fingerprint density at radius 2 is 1.74 bits per heavy atom. The summed E-state index contributed by atoms with van der Waals surface area (Å²) in [5.41, 5.74) is 1.11. The number of nitrogens with zero attached hydrogens (tertiary/aromatic N) is 1. The molecule has 0 aliphatic heterocycles. The number of rotatable bonds is 10. The topological polar surface area (TPSA) is 45.0 Å². The minimum absolute atomic E-state index is 0.102. The molecule has 1 aromatic rings. The van der Waals surface area contributed by atoms with E-state index in [1.807, 2.05) is 30.3 Å². The van der Waals surface area contributed by atoms with E-state index in [0.29, 0.717) is 0 Å². The van der Waals surface area contributed by atoms with Crippen molar-refractivity contribution in [3.63, 3.8) is 0 Å². The summed E-state index contributed by atoms with van der Waals surface area (Å²) in [5.74, 6) is 0.742. The van der Waals surface area contributed by atoms with E-state index in [-0.39, 0.29) is 6.61 Å². The highest BCUT2D eigenvalue weighted by Gasteiger charge is 1.95. The Kier molecular flexibility index (Phi) is 8.29. The number of unbranched alkanes of at least 4 members (excludes halogenated alkanes) is 5. The van der Waals surface area contributed by atoms with Crippen LogP contribution in [0.15, 0.2) is 24.3 Å². The molecule has 1 aromatic carbocycles. The van der Waals surface area contributed by atoms with E-state index in [4.69, 9.17) is 10.00 Å². The average molecular weight is 260 g/mol. The molecular formula is C16H24N2O. The highest BCUT2D eigenvalue weighted by molar-refractivity contribution is 5.46. The monoisotopic (exact) mass is 260 g/mol. The molecule has 0 aliphatic carbocycles. The summed E-state index contributed by atoms with van der Waals surface area (Å²) in [6.07, 6.45) is 7.89. The number of nitrogens with one attached hydrogen (secondary N) is 1. The molecule has 104 valence electrons. The Morgan fingerprint density at radius 3 is 2.42 bits per heavy atom. The first kappa shape index (κ1) is 15.4. The Balaban J connectivity index is 2.11. The minimum atomic E-state index is 0.102. The average Bonchev–Trinajstić information content (AvgIpc) is 2.45. The summed E-state index contributed by atoms with van der Waals surface area (Å²) in [5, 5.41) is 11.8. The highest BCUT2D eigenvalue weighted by atomic mass is 16.5. The highest BCUT2D eigenvalue weighted by Crippen LogP contribution is 2.15. The fourth-order valence-corrected chi connectivity index (χ4v) is 1.92. The molecule has 19 heavy (non-hydrogen) atoms. The maximum atomic E-state index is 8.42. The third kappa shape index (κ3) is 7.35. The number of hydrogen-bond acceptors (Lipinski definition) is 3. The molecule has 0 fully saturated rings. The third-order valence-corrected chi connectivity index (χ3v) is 3.02. The van der Waals surface area contributed by atoms with E-state index in [1.54, 1.807) is 0 Å². The molecule has 0 atom stereocenters.